The van der Waals surface area contributed by atoms with Gasteiger partial charge in [0.25, 0.3) is 5.56 Å². The van der Waals surface area contributed by atoms with Crippen LogP contribution in [0.25, 0.3) is 0 Å². The summed E-state index contributed by atoms with van der Waals surface area (Å²) in [5, 5.41) is 22.0. The Labute approximate surface area is 97.7 Å². The van der Waals surface area contributed by atoms with E-state index in [1.807, 2.05) is 6.92 Å². The van der Waals surface area contributed by atoms with Crippen LogP contribution in [-0.2, 0) is 0 Å². The third-order valence-corrected chi connectivity index (χ3v) is 3.25. The van der Waals surface area contributed by atoms with Crippen LogP contribution < -0.4 is 16.6 Å². The number of nitrogens with one attached hydrogen (secondary N) is 2. The molecule has 1 saturated heterocycles. The first kappa shape index (κ1) is 12.0. The molecule has 4 atom stereocenters. The number of H-pyrrole nitrogens is 1. The van der Waals surface area contributed by atoms with E-state index in [9.17, 15) is 9.90 Å². The van der Waals surface area contributed by atoms with Crippen molar-refractivity contribution in [2.75, 3.05) is 12.3 Å². The zero-order valence-electron chi connectivity index (χ0n) is 9.42. The Balaban J connectivity index is 2.32. The second-order valence-corrected chi connectivity index (χ2v) is 4.34. The van der Waals surface area contributed by atoms with Gasteiger partial charge in [0.15, 0.2) is 5.95 Å². The van der Waals surface area contributed by atoms with Gasteiger partial charge in [-0.25, -0.2) is 4.98 Å². The van der Waals surface area contributed by atoms with Crippen LogP contribution in [0, 0.1) is 5.92 Å². The van der Waals surface area contributed by atoms with Crippen LogP contribution in [0.5, 0.6) is 0 Å². The lowest BCUT2D eigenvalue weighted by molar-refractivity contribution is 0.0933. The van der Waals surface area contributed by atoms with Gasteiger partial charge >= 0.3 is 0 Å². The summed E-state index contributed by atoms with van der Waals surface area (Å²) in [6.07, 6.45) is 0.705. The van der Waals surface area contributed by atoms with Gasteiger partial charge in [-0.3, -0.25) is 9.78 Å². The van der Waals surface area contributed by atoms with E-state index < -0.39 is 12.1 Å². The third-order valence-electron chi connectivity index (χ3n) is 3.25. The summed E-state index contributed by atoms with van der Waals surface area (Å²) in [6, 6.07) is -0.758. The smallest absolute Gasteiger partial charge is 0.257 e. The molecule has 6 N–H and O–H groups in total. The first-order valence-electron chi connectivity index (χ1n) is 5.44. The molecular weight excluding hydrogens is 224 g/mol. The topological polar surface area (TPSA) is 124 Å². The van der Waals surface area contributed by atoms with E-state index in [4.69, 9.17) is 10.8 Å². The maximum absolute atomic E-state index is 11.7. The van der Waals surface area contributed by atoms with Crippen molar-refractivity contribution in [3.05, 3.63) is 22.1 Å². The fraction of sp³-hybridized carbons (Fsp3) is 0.600. The number of rotatable bonds is 2. The third kappa shape index (κ3) is 2.04. The predicted molar refractivity (Wildman–Crippen MR) is 61.2 cm³/mol. The fourth-order valence-electron chi connectivity index (χ4n) is 2.22. The van der Waals surface area contributed by atoms with Gasteiger partial charge in [0.2, 0.25) is 0 Å². The number of aliphatic hydroxyl groups excluding tert-OH is 2. The van der Waals surface area contributed by atoms with E-state index >= 15 is 0 Å². The standard InChI is InChI=1S/C10H16N4O3/c1-4-7(13-6(3-15)8(4)16)5-2-12-10(11)14-9(5)17/h2,4,6-8,13,15-16H,3H2,1H3,(H3,11,12,14,17)/t4-,6-,7-,8+/m1/s1. The summed E-state index contributed by atoms with van der Waals surface area (Å²) in [6.45, 7) is 1.64. The number of anilines is 1. The molecule has 1 aromatic rings. The number of nitrogens with two attached hydrogens (primary N) is 1. The Morgan fingerprint density at radius 1 is 1.59 bits per heavy atom. The second-order valence-electron chi connectivity index (χ2n) is 4.34. The first-order chi connectivity index (χ1) is 8.04. The van der Waals surface area contributed by atoms with Gasteiger partial charge < -0.3 is 21.3 Å². The van der Waals surface area contributed by atoms with Gasteiger partial charge in [-0.05, 0) is 0 Å². The molecule has 0 spiro atoms. The van der Waals surface area contributed by atoms with Gasteiger partial charge in [0.05, 0.1) is 24.3 Å². The van der Waals surface area contributed by atoms with Crippen molar-refractivity contribution in [3.8, 4) is 0 Å². The normalized spacial score (nSPS) is 32.9. The lowest BCUT2D eigenvalue weighted by Crippen LogP contribution is -2.35. The monoisotopic (exact) mass is 240 g/mol. The number of nitrogens with zero attached hydrogens (tertiary/aromatic N) is 1. The Morgan fingerprint density at radius 3 is 2.82 bits per heavy atom. The van der Waals surface area contributed by atoms with E-state index in [1.165, 1.54) is 6.20 Å². The number of aromatic amines is 1. The van der Waals surface area contributed by atoms with Crippen LogP contribution in [0.3, 0.4) is 0 Å². The van der Waals surface area contributed by atoms with Crippen molar-refractivity contribution in [1.29, 1.82) is 0 Å². The SMILES string of the molecule is C[C@H]1[C@H](O)[C@@H](CO)N[C@H]1c1cnc(N)[nH]c1=O. The van der Waals surface area contributed by atoms with E-state index in [0.29, 0.717) is 5.56 Å². The molecule has 17 heavy (non-hydrogen) atoms. The van der Waals surface area contributed by atoms with Crippen molar-refractivity contribution in [1.82, 2.24) is 15.3 Å². The largest absolute Gasteiger partial charge is 0.395 e. The van der Waals surface area contributed by atoms with Gasteiger partial charge in [0, 0.05) is 18.2 Å². The highest BCUT2D eigenvalue weighted by molar-refractivity contribution is 5.22. The first-order valence-corrected chi connectivity index (χ1v) is 5.44. The molecule has 0 radical (unpaired) electrons. The number of nitrogen functional groups attached to an aromatic ring is 1. The quantitative estimate of drug-likeness (QED) is 0.422. The number of aliphatic hydroxyl groups is 2. The van der Waals surface area contributed by atoms with Gasteiger partial charge in [-0.2, -0.15) is 0 Å². The lowest BCUT2D eigenvalue weighted by atomic mass is 9.95. The van der Waals surface area contributed by atoms with Gasteiger partial charge in [0.1, 0.15) is 0 Å². The minimum atomic E-state index is -0.693. The molecule has 7 heteroatoms. The van der Waals surface area contributed by atoms with Crippen molar-refractivity contribution in [2.45, 2.75) is 25.1 Å². The molecule has 0 aliphatic carbocycles. The molecule has 7 nitrogen and oxygen atoms in total. The van der Waals surface area contributed by atoms with Crippen molar-refractivity contribution in [3.63, 3.8) is 0 Å². The lowest BCUT2D eigenvalue weighted by Gasteiger charge is -2.15. The van der Waals surface area contributed by atoms with Crippen LogP contribution in [0.4, 0.5) is 5.95 Å². The molecule has 1 aliphatic heterocycles. The molecule has 1 aliphatic rings. The molecule has 0 amide bonds. The summed E-state index contributed by atoms with van der Waals surface area (Å²) < 4.78 is 0. The molecule has 1 aromatic heterocycles. The van der Waals surface area contributed by atoms with Crippen LogP contribution in [0.15, 0.2) is 11.0 Å². The molecule has 2 heterocycles. The molecule has 2 rings (SSSR count). The highest BCUT2D eigenvalue weighted by atomic mass is 16.3. The summed E-state index contributed by atoms with van der Waals surface area (Å²) in [5.41, 5.74) is 5.46. The van der Waals surface area contributed by atoms with E-state index in [1.54, 1.807) is 0 Å². The molecule has 0 unspecified atom stereocenters. The van der Waals surface area contributed by atoms with Gasteiger partial charge in [-0.15, -0.1) is 0 Å². The van der Waals surface area contributed by atoms with Crippen LogP contribution in [0.1, 0.15) is 18.5 Å². The Morgan fingerprint density at radius 2 is 2.29 bits per heavy atom. The van der Waals surface area contributed by atoms with Crippen LogP contribution >= 0.6 is 0 Å². The maximum Gasteiger partial charge on any atom is 0.257 e. The number of hydrogen-bond donors (Lipinski definition) is 5. The predicted octanol–water partition coefficient (Wildman–Crippen LogP) is -1.65. The van der Waals surface area contributed by atoms with Crippen molar-refractivity contribution >= 4 is 5.95 Å². The zero-order valence-corrected chi connectivity index (χ0v) is 9.42. The van der Waals surface area contributed by atoms with Gasteiger partial charge in [-0.1, -0.05) is 6.92 Å². The Kier molecular flexibility index (Phi) is 3.14. The fourth-order valence-corrected chi connectivity index (χ4v) is 2.22. The summed E-state index contributed by atoms with van der Waals surface area (Å²) in [7, 11) is 0. The second kappa shape index (κ2) is 4.44. The zero-order chi connectivity index (χ0) is 12.6. The van der Waals surface area contributed by atoms with Crippen LogP contribution in [-0.4, -0.2) is 38.9 Å². The summed E-state index contributed by atoms with van der Waals surface area (Å²) >= 11 is 0. The average molecular weight is 240 g/mol. The molecule has 0 saturated carbocycles. The molecule has 0 aromatic carbocycles. The summed E-state index contributed by atoms with van der Waals surface area (Å²) in [4.78, 5) is 18.0. The Hall–Kier alpha value is -1.44. The minimum absolute atomic E-state index is 0.0589. The average Bonchev–Trinajstić information content (AvgIpc) is 2.57. The highest BCUT2D eigenvalue weighted by Crippen LogP contribution is 2.30. The summed E-state index contributed by atoms with van der Waals surface area (Å²) in [5.74, 6) is -0.123. The molecule has 0 bridgehead atoms. The number of hydrogen-bond acceptors (Lipinski definition) is 6. The Bertz CT molecular complexity index is 461. The van der Waals surface area contributed by atoms with Crippen molar-refractivity contribution in [2.24, 2.45) is 5.92 Å². The van der Waals surface area contributed by atoms with E-state index in [2.05, 4.69) is 15.3 Å². The molecule has 94 valence electrons. The van der Waals surface area contributed by atoms with E-state index in [0.717, 1.165) is 0 Å². The highest BCUT2D eigenvalue weighted by Gasteiger charge is 2.40. The maximum atomic E-state index is 11.7. The molecular formula is C10H16N4O3. The van der Waals surface area contributed by atoms with Crippen molar-refractivity contribution < 1.29 is 10.2 Å². The van der Waals surface area contributed by atoms with Crippen LogP contribution in [0.2, 0.25) is 0 Å². The van der Waals surface area contributed by atoms with E-state index in [-0.39, 0.29) is 30.1 Å². The number of aromatic nitrogens is 2. The minimum Gasteiger partial charge on any atom is -0.395 e. The molecule has 1 fully saturated rings.